The Morgan fingerprint density at radius 3 is 2.05 bits per heavy atom. The number of hydrogen-bond acceptors (Lipinski definition) is 1. The third-order valence-electron chi connectivity index (χ3n) is 2.04. The van der Waals surface area contributed by atoms with E-state index < -0.39 is 5.97 Å². The third-order valence-corrected chi connectivity index (χ3v) is 2.86. The molecule has 0 saturated heterocycles. The van der Waals surface area contributed by atoms with Crippen LogP contribution in [0.1, 0.15) is 6.92 Å². The molecule has 1 N–H and O–H groups in total. The molecule has 0 spiro atoms. The summed E-state index contributed by atoms with van der Waals surface area (Å²) in [6.45, 7) is 1.08. The van der Waals surface area contributed by atoms with Crippen molar-refractivity contribution in [3.8, 4) is 11.1 Å². The molecule has 0 heterocycles. The average Bonchev–Trinajstić information content (AvgIpc) is 2.33. The number of halogens is 2. The molecule has 2 aromatic rings. The van der Waals surface area contributed by atoms with Crippen LogP contribution in [0.3, 0.4) is 0 Å². The number of carboxylic acids is 1. The molecule has 0 aromatic heterocycles. The number of carboxylic acid groups (broad SMARTS) is 1. The Bertz CT molecular complexity index is 526. The molecule has 0 atom stereocenters. The topological polar surface area (TPSA) is 37.3 Å². The van der Waals surface area contributed by atoms with Gasteiger partial charge in [0, 0.05) is 12.5 Å². The van der Waals surface area contributed by atoms with Gasteiger partial charge in [-0.25, -0.2) is 0 Å². The first-order chi connectivity index (χ1) is 8.52. The molecule has 19 heavy (non-hydrogen) atoms. The minimum absolute atomic E-state index is 0. The zero-order valence-corrected chi connectivity index (χ0v) is 11.2. The van der Waals surface area contributed by atoms with Crippen LogP contribution in [0.5, 0.6) is 0 Å². The second-order valence-electron chi connectivity index (χ2n) is 3.49. The second-order valence-corrected chi connectivity index (χ2v) is 4.27. The molecule has 0 bridgehead atoms. The van der Waals surface area contributed by atoms with Crippen LogP contribution in [0, 0.1) is 0 Å². The third kappa shape index (κ3) is 6.64. The van der Waals surface area contributed by atoms with Crippen molar-refractivity contribution in [2.45, 2.75) is 6.92 Å². The van der Waals surface area contributed by atoms with Crippen molar-refractivity contribution >= 4 is 66.9 Å². The SMILES string of the molecule is CC(=O)O.Clc1cccc(-c2ccccc2)c1Cl.[CaH2]. The molecule has 0 saturated carbocycles. The van der Waals surface area contributed by atoms with E-state index in [4.69, 9.17) is 33.1 Å². The maximum absolute atomic E-state index is 9.00. The van der Waals surface area contributed by atoms with E-state index in [0.29, 0.717) is 10.0 Å². The Kier molecular flexibility index (Phi) is 9.50. The number of benzene rings is 2. The molecule has 98 valence electrons. The summed E-state index contributed by atoms with van der Waals surface area (Å²) >= 11 is 12.0. The van der Waals surface area contributed by atoms with Crippen molar-refractivity contribution in [3.05, 3.63) is 58.6 Å². The van der Waals surface area contributed by atoms with Crippen LogP contribution < -0.4 is 0 Å². The van der Waals surface area contributed by atoms with Gasteiger partial charge >= 0.3 is 37.7 Å². The van der Waals surface area contributed by atoms with Crippen LogP contribution in [0.4, 0.5) is 0 Å². The average molecular weight is 325 g/mol. The number of aliphatic carboxylic acids is 1. The standard InChI is InChI=1S/C12H8Cl2.C2H4O2.Ca.2H/c13-11-8-4-7-10(12(11)14)9-5-2-1-3-6-9;1-2(3)4;;;/h1-8H;1H3,(H,3,4);;;. The minimum atomic E-state index is -0.833. The first kappa shape index (κ1) is 18.7. The van der Waals surface area contributed by atoms with E-state index in [0.717, 1.165) is 18.1 Å². The zero-order chi connectivity index (χ0) is 13.5. The molecule has 0 aliphatic carbocycles. The molecule has 0 amide bonds. The molecule has 5 heteroatoms. The first-order valence-corrected chi connectivity index (χ1v) is 5.97. The Morgan fingerprint density at radius 2 is 1.53 bits per heavy atom. The number of hydrogen-bond donors (Lipinski definition) is 1. The van der Waals surface area contributed by atoms with Crippen LogP contribution in [-0.4, -0.2) is 48.8 Å². The fourth-order valence-electron chi connectivity index (χ4n) is 1.34. The Hall–Kier alpha value is -0.250. The molecule has 0 aliphatic rings. The van der Waals surface area contributed by atoms with E-state index >= 15 is 0 Å². The van der Waals surface area contributed by atoms with Crippen molar-refractivity contribution in [1.82, 2.24) is 0 Å². The summed E-state index contributed by atoms with van der Waals surface area (Å²) in [5.74, 6) is -0.833. The van der Waals surface area contributed by atoms with Gasteiger partial charge in [-0.1, -0.05) is 65.7 Å². The van der Waals surface area contributed by atoms with E-state index in [1.165, 1.54) is 0 Å². The van der Waals surface area contributed by atoms with E-state index in [1.54, 1.807) is 6.07 Å². The monoisotopic (exact) mass is 324 g/mol. The fourth-order valence-corrected chi connectivity index (χ4v) is 1.75. The predicted molar refractivity (Wildman–Crippen MR) is 83.8 cm³/mol. The molecule has 2 nitrogen and oxygen atoms in total. The summed E-state index contributed by atoms with van der Waals surface area (Å²) in [5.41, 5.74) is 2.06. The molecule has 0 aliphatic heterocycles. The summed E-state index contributed by atoms with van der Waals surface area (Å²) < 4.78 is 0. The molecule has 2 rings (SSSR count). The predicted octanol–water partition coefficient (Wildman–Crippen LogP) is 3.84. The molecule has 0 fully saturated rings. The molecular weight excluding hydrogens is 311 g/mol. The van der Waals surface area contributed by atoms with E-state index in [1.807, 2.05) is 42.5 Å². The fraction of sp³-hybridized carbons (Fsp3) is 0.0714. The van der Waals surface area contributed by atoms with Crippen LogP contribution in [-0.2, 0) is 4.79 Å². The second kappa shape index (κ2) is 9.62. The summed E-state index contributed by atoms with van der Waals surface area (Å²) in [5, 5.41) is 8.62. The number of rotatable bonds is 1. The summed E-state index contributed by atoms with van der Waals surface area (Å²) in [7, 11) is 0. The zero-order valence-electron chi connectivity index (χ0n) is 9.73. The quantitative estimate of drug-likeness (QED) is 0.809. The van der Waals surface area contributed by atoms with Crippen molar-refractivity contribution < 1.29 is 9.90 Å². The van der Waals surface area contributed by atoms with Gasteiger partial charge in [0.2, 0.25) is 0 Å². The molecular formula is C14H14CaCl2O2. The molecule has 0 radical (unpaired) electrons. The van der Waals surface area contributed by atoms with E-state index in [9.17, 15) is 0 Å². The maximum atomic E-state index is 9.00. The van der Waals surface area contributed by atoms with Gasteiger partial charge < -0.3 is 5.11 Å². The van der Waals surface area contributed by atoms with Crippen LogP contribution in [0.2, 0.25) is 10.0 Å². The van der Waals surface area contributed by atoms with Crippen molar-refractivity contribution in [3.63, 3.8) is 0 Å². The van der Waals surface area contributed by atoms with Crippen LogP contribution in [0.25, 0.3) is 11.1 Å². The van der Waals surface area contributed by atoms with Crippen molar-refractivity contribution in [1.29, 1.82) is 0 Å². The van der Waals surface area contributed by atoms with Gasteiger partial charge in [-0.05, 0) is 11.6 Å². The van der Waals surface area contributed by atoms with Crippen LogP contribution >= 0.6 is 23.2 Å². The van der Waals surface area contributed by atoms with Gasteiger partial charge in [-0.3, -0.25) is 4.79 Å². The Balaban J connectivity index is 0.000000576. The van der Waals surface area contributed by atoms with Gasteiger partial charge in [-0.2, -0.15) is 0 Å². The van der Waals surface area contributed by atoms with Crippen LogP contribution in [0.15, 0.2) is 48.5 Å². The van der Waals surface area contributed by atoms with Crippen molar-refractivity contribution in [2.24, 2.45) is 0 Å². The van der Waals surface area contributed by atoms with Crippen molar-refractivity contribution in [2.75, 3.05) is 0 Å². The van der Waals surface area contributed by atoms with E-state index in [2.05, 4.69) is 0 Å². The summed E-state index contributed by atoms with van der Waals surface area (Å²) in [6.07, 6.45) is 0. The van der Waals surface area contributed by atoms with E-state index in [-0.39, 0.29) is 37.7 Å². The summed E-state index contributed by atoms with van der Waals surface area (Å²) in [6, 6.07) is 15.6. The summed E-state index contributed by atoms with van der Waals surface area (Å²) in [4.78, 5) is 9.00. The number of carbonyl (C=O) groups is 1. The van der Waals surface area contributed by atoms with Gasteiger partial charge in [0.25, 0.3) is 5.97 Å². The van der Waals surface area contributed by atoms with Gasteiger partial charge in [-0.15, -0.1) is 0 Å². The van der Waals surface area contributed by atoms with Gasteiger partial charge in [0.1, 0.15) is 0 Å². The molecule has 2 aromatic carbocycles. The molecule has 0 unspecified atom stereocenters. The van der Waals surface area contributed by atoms with Gasteiger partial charge in [0.05, 0.1) is 10.0 Å². The van der Waals surface area contributed by atoms with Gasteiger partial charge in [0.15, 0.2) is 0 Å². The normalized spacial score (nSPS) is 8.79. The Labute approximate surface area is 152 Å². The Morgan fingerprint density at radius 1 is 1.00 bits per heavy atom. The first-order valence-electron chi connectivity index (χ1n) is 5.21.